The summed E-state index contributed by atoms with van der Waals surface area (Å²) in [6.45, 7) is 4.17. The van der Waals surface area contributed by atoms with E-state index in [0.29, 0.717) is 29.2 Å². The predicted octanol–water partition coefficient (Wildman–Crippen LogP) is 4.40. The van der Waals surface area contributed by atoms with Crippen molar-refractivity contribution in [1.82, 2.24) is 5.32 Å². The number of Topliss-reactive ketones (excluding diaryl/α,β-unsaturated/α-hetero) is 1. The third-order valence-corrected chi connectivity index (χ3v) is 6.65. The van der Waals surface area contributed by atoms with E-state index in [9.17, 15) is 9.59 Å². The van der Waals surface area contributed by atoms with Gasteiger partial charge in [0.25, 0.3) is 0 Å². The van der Waals surface area contributed by atoms with Gasteiger partial charge in [0.1, 0.15) is 23.5 Å². The van der Waals surface area contributed by atoms with E-state index in [2.05, 4.69) is 11.9 Å². The number of ether oxygens (including phenoxy) is 3. The van der Waals surface area contributed by atoms with Crippen molar-refractivity contribution in [2.24, 2.45) is 5.92 Å². The minimum Gasteiger partial charge on any atom is -0.497 e. The van der Waals surface area contributed by atoms with Gasteiger partial charge in [-0.1, -0.05) is 13.0 Å². The van der Waals surface area contributed by atoms with Crippen LogP contribution in [0.4, 0.5) is 0 Å². The number of benzene rings is 1. The zero-order chi connectivity index (χ0) is 22.0. The summed E-state index contributed by atoms with van der Waals surface area (Å²) in [5.41, 5.74) is 2.83. The molecule has 2 atom stereocenters. The summed E-state index contributed by atoms with van der Waals surface area (Å²) < 4.78 is 17.0. The summed E-state index contributed by atoms with van der Waals surface area (Å²) in [7, 11) is 3.19. The Bertz CT molecular complexity index is 912. The van der Waals surface area contributed by atoms with Gasteiger partial charge in [-0.3, -0.25) is 9.59 Å². The predicted molar refractivity (Wildman–Crippen MR) is 117 cm³/mol. The number of nitrogens with one attached hydrogen (secondary N) is 1. The number of esters is 1. The van der Waals surface area contributed by atoms with Crippen LogP contribution in [0, 0.1) is 5.92 Å². The molecule has 1 N–H and O–H groups in total. The van der Waals surface area contributed by atoms with E-state index >= 15 is 0 Å². The molecule has 1 fully saturated rings. The highest BCUT2D eigenvalue weighted by molar-refractivity contribution is 6.00. The van der Waals surface area contributed by atoms with E-state index in [1.54, 1.807) is 14.2 Å². The molecule has 2 unspecified atom stereocenters. The molecule has 3 aliphatic rings. The number of rotatable bonds is 5. The summed E-state index contributed by atoms with van der Waals surface area (Å²) >= 11 is 0. The molecule has 1 aliphatic heterocycles. The summed E-state index contributed by atoms with van der Waals surface area (Å²) in [6, 6.07) is 5.48. The molecule has 1 aromatic carbocycles. The average molecular weight is 426 g/mol. The largest absolute Gasteiger partial charge is 0.497 e. The van der Waals surface area contributed by atoms with Crippen LogP contribution in [0.15, 0.2) is 41.7 Å². The maximum absolute atomic E-state index is 13.5. The molecule has 0 amide bonds. The Morgan fingerprint density at radius 2 is 1.84 bits per heavy atom. The van der Waals surface area contributed by atoms with Gasteiger partial charge in [0, 0.05) is 34.9 Å². The Morgan fingerprint density at radius 1 is 1.06 bits per heavy atom. The van der Waals surface area contributed by atoms with Crippen molar-refractivity contribution in [3.63, 3.8) is 0 Å². The van der Waals surface area contributed by atoms with Crippen LogP contribution in [0.25, 0.3) is 0 Å². The second-order valence-electron chi connectivity index (χ2n) is 8.58. The van der Waals surface area contributed by atoms with Crippen molar-refractivity contribution < 1.29 is 23.8 Å². The highest BCUT2D eigenvalue weighted by Crippen LogP contribution is 2.48. The number of carbonyl (C=O) groups excluding carboxylic acids is 2. The fourth-order valence-electron chi connectivity index (χ4n) is 5.11. The Kier molecular flexibility index (Phi) is 6.35. The van der Waals surface area contributed by atoms with Gasteiger partial charge < -0.3 is 19.5 Å². The molecular formula is C25H31NO5. The molecule has 0 bridgehead atoms. The number of allylic oxidation sites excluding steroid dienone is 2. The summed E-state index contributed by atoms with van der Waals surface area (Å²) in [5.74, 6) is -0.233. The number of hydrogen-bond donors (Lipinski definition) is 1. The molecule has 0 aromatic heterocycles. The SMILES string of the molecule is C=C1NC2=C(C(=O)CCC2)C(c2cc(OC)ccc2OC)C1C(=O)OC1CCCCC1. The van der Waals surface area contributed by atoms with E-state index in [4.69, 9.17) is 14.2 Å². The standard InChI is InChI=1S/C25H31NO5/c1-15-22(25(28)31-16-8-5-4-6-9-16)23(24-19(26-15)10-7-11-20(24)27)18-14-17(29-2)12-13-21(18)30-3/h12-14,16,22-23,26H,1,4-11H2,2-3H3. The molecule has 0 radical (unpaired) electrons. The number of carbonyl (C=O) groups is 2. The van der Waals surface area contributed by atoms with Gasteiger partial charge in [-0.25, -0.2) is 0 Å². The minimum atomic E-state index is -0.705. The van der Waals surface area contributed by atoms with Gasteiger partial charge in [0.15, 0.2) is 5.78 Å². The highest BCUT2D eigenvalue weighted by atomic mass is 16.5. The highest BCUT2D eigenvalue weighted by Gasteiger charge is 2.45. The first-order valence-electron chi connectivity index (χ1n) is 11.2. The Labute approximate surface area is 183 Å². The molecule has 1 saturated carbocycles. The third kappa shape index (κ3) is 4.21. The smallest absolute Gasteiger partial charge is 0.316 e. The van der Waals surface area contributed by atoms with Crippen molar-refractivity contribution in [1.29, 1.82) is 0 Å². The van der Waals surface area contributed by atoms with Crippen LogP contribution in [-0.2, 0) is 14.3 Å². The third-order valence-electron chi connectivity index (χ3n) is 6.65. The van der Waals surface area contributed by atoms with Gasteiger partial charge in [0.2, 0.25) is 0 Å². The zero-order valence-corrected chi connectivity index (χ0v) is 18.4. The van der Waals surface area contributed by atoms with Crippen molar-refractivity contribution in [3.05, 3.63) is 47.3 Å². The second kappa shape index (κ2) is 9.16. The Hall–Kier alpha value is -2.76. The Morgan fingerprint density at radius 3 is 2.55 bits per heavy atom. The van der Waals surface area contributed by atoms with Crippen LogP contribution in [0.1, 0.15) is 62.8 Å². The van der Waals surface area contributed by atoms with E-state index < -0.39 is 11.8 Å². The summed E-state index contributed by atoms with van der Waals surface area (Å²) in [6.07, 6.45) is 7.05. The minimum absolute atomic E-state index is 0.0617. The molecule has 4 rings (SSSR count). The first kappa shape index (κ1) is 21.5. The van der Waals surface area contributed by atoms with Crippen molar-refractivity contribution in [2.75, 3.05) is 14.2 Å². The molecule has 0 saturated heterocycles. The van der Waals surface area contributed by atoms with Crippen molar-refractivity contribution in [3.8, 4) is 11.5 Å². The van der Waals surface area contributed by atoms with Crippen LogP contribution < -0.4 is 14.8 Å². The van der Waals surface area contributed by atoms with Crippen LogP contribution in [-0.4, -0.2) is 32.1 Å². The quantitative estimate of drug-likeness (QED) is 0.705. The fraction of sp³-hybridized carbons (Fsp3) is 0.520. The van der Waals surface area contributed by atoms with E-state index in [0.717, 1.165) is 49.8 Å². The van der Waals surface area contributed by atoms with E-state index in [1.807, 2.05) is 18.2 Å². The molecule has 0 spiro atoms. The molecule has 2 aliphatic carbocycles. The average Bonchev–Trinajstić information content (AvgIpc) is 2.78. The molecule has 166 valence electrons. The molecule has 1 aromatic rings. The van der Waals surface area contributed by atoms with E-state index in [-0.39, 0.29) is 17.9 Å². The lowest BCUT2D eigenvalue weighted by atomic mass is 9.71. The molecule has 6 heteroatoms. The molecular weight excluding hydrogens is 394 g/mol. The molecule has 1 heterocycles. The number of methoxy groups -OCH3 is 2. The van der Waals surface area contributed by atoms with Crippen LogP contribution >= 0.6 is 0 Å². The normalized spacial score (nSPS) is 24.3. The van der Waals surface area contributed by atoms with Crippen LogP contribution in [0.3, 0.4) is 0 Å². The maximum atomic E-state index is 13.5. The monoisotopic (exact) mass is 425 g/mol. The van der Waals surface area contributed by atoms with E-state index in [1.165, 1.54) is 6.42 Å². The van der Waals surface area contributed by atoms with Gasteiger partial charge in [0.05, 0.1) is 14.2 Å². The number of hydrogen-bond acceptors (Lipinski definition) is 6. The van der Waals surface area contributed by atoms with Gasteiger partial charge in [-0.15, -0.1) is 0 Å². The first-order valence-corrected chi connectivity index (χ1v) is 11.2. The summed E-state index contributed by atoms with van der Waals surface area (Å²) in [5, 5.41) is 3.27. The lowest BCUT2D eigenvalue weighted by molar-refractivity contribution is -0.155. The Balaban J connectivity index is 1.79. The lowest BCUT2D eigenvalue weighted by Crippen LogP contribution is -2.42. The van der Waals surface area contributed by atoms with Crippen LogP contribution in [0.2, 0.25) is 0 Å². The van der Waals surface area contributed by atoms with Gasteiger partial charge >= 0.3 is 5.97 Å². The molecule has 6 nitrogen and oxygen atoms in total. The fourth-order valence-corrected chi connectivity index (χ4v) is 5.11. The number of ketones is 1. The molecule has 31 heavy (non-hydrogen) atoms. The van der Waals surface area contributed by atoms with Crippen molar-refractivity contribution >= 4 is 11.8 Å². The topological polar surface area (TPSA) is 73.9 Å². The second-order valence-corrected chi connectivity index (χ2v) is 8.58. The summed E-state index contributed by atoms with van der Waals surface area (Å²) in [4.78, 5) is 26.5. The van der Waals surface area contributed by atoms with Crippen molar-refractivity contribution in [2.45, 2.75) is 63.4 Å². The lowest BCUT2D eigenvalue weighted by Gasteiger charge is -2.39. The first-order chi connectivity index (χ1) is 15.0. The maximum Gasteiger partial charge on any atom is 0.316 e. The van der Waals surface area contributed by atoms with Crippen LogP contribution in [0.5, 0.6) is 11.5 Å². The van der Waals surface area contributed by atoms with Gasteiger partial charge in [-0.2, -0.15) is 0 Å². The van der Waals surface area contributed by atoms with Gasteiger partial charge in [-0.05, 0) is 56.7 Å². The zero-order valence-electron chi connectivity index (χ0n) is 18.4.